The molecule has 0 spiro atoms. The molecule has 0 aromatic rings. The van der Waals surface area contributed by atoms with Crippen LogP contribution in [0, 0.1) is 5.92 Å². The lowest BCUT2D eigenvalue weighted by Crippen LogP contribution is -2.32. The first-order chi connectivity index (χ1) is 8.04. The van der Waals surface area contributed by atoms with Gasteiger partial charge in [0.15, 0.2) is 0 Å². The van der Waals surface area contributed by atoms with Crippen molar-refractivity contribution in [2.45, 2.75) is 26.2 Å². The van der Waals surface area contributed by atoms with Gasteiger partial charge in [-0.2, -0.15) is 0 Å². The number of allylic oxidation sites excluding steroid dienone is 2. The number of hydrogen-bond acceptors (Lipinski definition) is 3. The Morgan fingerprint density at radius 2 is 2.29 bits per heavy atom. The van der Waals surface area contributed by atoms with E-state index in [1.165, 1.54) is 7.11 Å². The Hall–Kier alpha value is -1.58. The number of amides is 1. The van der Waals surface area contributed by atoms with Crippen LogP contribution in [0.3, 0.4) is 0 Å². The van der Waals surface area contributed by atoms with Crippen LogP contribution in [0.15, 0.2) is 23.8 Å². The van der Waals surface area contributed by atoms with E-state index >= 15 is 0 Å². The minimum absolute atomic E-state index is 0.0728. The van der Waals surface area contributed by atoms with Gasteiger partial charge in [-0.05, 0) is 32.1 Å². The molecule has 0 saturated carbocycles. The third-order valence-corrected chi connectivity index (χ3v) is 3.02. The summed E-state index contributed by atoms with van der Waals surface area (Å²) >= 11 is 0. The van der Waals surface area contributed by atoms with Gasteiger partial charge in [0.1, 0.15) is 6.54 Å². The second kappa shape index (κ2) is 6.23. The van der Waals surface area contributed by atoms with Crippen LogP contribution in [0.5, 0.6) is 0 Å². The summed E-state index contributed by atoms with van der Waals surface area (Å²) in [6.45, 7) is 5.87. The number of esters is 1. The summed E-state index contributed by atoms with van der Waals surface area (Å²) in [4.78, 5) is 22.6. The van der Waals surface area contributed by atoms with Gasteiger partial charge in [0.2, 0.25) is 5.91 Å². The zero-order valence-corrected chi connectivity index (χ0v) is 10.4. The molecule has 1 atom stereocenters. The van der Waals surface area contributed by atoms with Crippen molar-refractivity contribution in [3.8, 4) is 0 Å². The second-order valence-corrected chi connectivity index (χ2v) is 4.31. The first kappa shape index (κ1) is 13.5. The number of nitrogens with one attached hydrogen (secondary N) is 1. The summed E-state index contributed by atoms with van der Waals surface area (Å²) in [5.41, 5.74) is 1.92. The fraction of sp³-hybridized carbons (Fsp3) is 0.538. The van der Waals surface area contributed by atoms with E-state index < -0.39 is 5.97 Å². The summed E-state index contributed by atoms with van der Waals surface area (Å²) in [7, 11) is 1.30. The SMILES string of the molecule is C=C(C)[C@H]1CC=C(C(=O)NCC(=O)OC)CC1. The molecule has 0 saturated heterocycles. The van der Waals surface area contributed by atoms with E-state index in [4.69, 9.17) is 0 Å². The topological polar surface area (TPSA) is 55.4 Å². The molecule has 17 heavy (non-hydrogen) atoms. The highest BCUT2D eigenvalue weighted by atomic mass is 16.5. The smallest absolute Gasteiger partial charge is 0.325 e. The maximum Gasteiger partial charge on any atom is 0.325 e. The number of hydrogen-bond donors (Lipinski definition) is 1. The first-order valence-corrected chi connectivity index (χ1v) is 5.74. The van der Waals surface area contributed by atoms with Crippen LogP contribution < -0.4 is 5.32 Å². The quantitative estimate of drug-likeness (QED) is 0.596. The molecular weight excluding hydrogens is 218 g/mol. The summed E-state index contributed by atoms with van der Waals surface area (Å²) in [5, 5.41) is 2.54. The number of carbonyl (C=O) groups is 2. The van der Waals surface area contributed by atoms with Gasteiger partial charge in [-0.1, -0.05) is 18.2 Å². The largest absolute Gasteiger partial charge is 0.468 e. The molecule has 0 bridgehead atoms. The molecule has 0 aliphatic heterocycles. The van der Waals surface area contributed by atoms with Crippen LogP contribution in [0.4, 0.5) is 0 Å². The molecule has 4 nitrogen and oxygen atoms in total. The molecule has 1 rings (SSSR count). The van der Waals surface area contributed by atoms with Gasteiger partial charge < -0.3 is 10.1 Å². The van der Waals surface area contributed by atoms with E-state index in [-0.39, 0.29) is 12.5 Å². The van der Waals surface area contributed by atoms with Gasteiger partial charge >= 0.3 is 5.97 Å². The highest BCUT2D eigenvalue weighted by Crippen LogP contribution is 2.27. The monoisotopic (exact) mass is 237 g/mol. The number of ether oxygens (including phenoxy) is 1. The van der Waals surface area contributed by atoms with E-state index in [1.54, 1.807) is 0 Å². The first-order valence-electron chi connectivity index (χ1n) is 5.74. The number of rotatable bonds is 4. The fourth-order valence-electron chi connectivity index (χ4n) is 1.83. The van der Waals surface area contributed by atoms with Gasteiger partial charge in [-0.25, -0.2) is 0 Å². The Labute approximate surface area is 102 Å². The fourth-order valence-corrected chi connectivity index (χ4v) is 1.83. The zero-order chi connectivity index (χ0) is 12.8. The van der Waals surface area contributed by atoms with Crippen LogP contribution in [0.25, 0.3) is 0 Å². The van der Waals surface area contributed by atoms with Crippen LogP contribution in [0.2, 0.25) is 0 Å². The number of carbonyl (C=O) groups excluding carboxylic acids is 2. The summed E-state index contributed by atoms with van der Waals surface area (Å²) in [6, 6.07) is 0. The Morgan fingerprint density at radius 3 is 2.76 bits per heavy atom. The Bertz CT molecular complexity index is 358. The molecule has 1 N–H and O–H groups in total. The predicted molar refractivity (Wildman–Crippen MR) is 65.3 cm³/mol. The van der Waals surface area contributed by atoms with Gasteiger partial charge in [-0.15, -0.1) is 0 Å². The molecule has 0 fully saturated rings. The van der Waals surface area contributed by atoms with Crippen molar-refractivity contribution in [3.63, 3.8) is 0 Å². The maximum atomic E-state index is 11.7. The molecule has 0 aromatic heterocycles. The van der Waals surface area contributed by atoms with Crippen molar-refractivity contribution >= 4 is 11.9 Å². The second-order valence-electron chi connectivity index (χ2n) is 4.31. The normalized spacial score (nSPS) is 19.2. The van der Waals surface area contributed by atoms with Crippen LogP contribution >= 0.6 is 0 Å². The Kier molecular flexibility index (Phi) is 4.94. The van der Waals surface area contributed by atoms with E-state index in [0.717, 1.165) is 30.4 Å². The van der Waals surface area contributed by atoms with Crippen LogP contribution in [-0.2, 0) is 14.3 Å². The molecule has 4 heteroatoms. The minimum Gasteiger partial charge on any atom is -0.468 e. The zero-order valence-electron chi connectivity index (χ0n) is 10.4. The lowest BCUT2D eigenvalue weighted by molar-refractivity contribution is -0.140. The predicted octanol–water partition coefficient (Wildman–Crippen LogP) is 1.58. The lowest BCUT2D eigenvalue weighted by Gasteiger charge is -2.21. The molecule has 1 aliphatic rings. The van der Waals surface area contributed by atoms with Crippen LogP contribution in [-0.4, -0.2) is 25.5 Å². The Morgan fingerprint density at radius 1 is 1.59 bits per heavy atom. The van der Waals surface area contributed by atoms with Gasteiger partial charge in [0.25, 0.3) is 0 Å². The minimum atomic E-state index is -0.436. The van der Waals surface area contributed by atoms with E-state index in [0.29, 0.717) is 5.92 Å². The van der Waals surface area contributed by atoms with Gasteiger partial charge in [0, 0.05) is 5.57 Å². The van der Waals surface area contributed by atoms with Crippen molar-refractivity contribution in [3.05, 3.63) is 23.8 Å². The summed E-state index contributed by atoms with van der Waals surface area (Å²) in [5.74, 6) is -0.128. The van der Waals surface area contributed by atoms with E-state index in [2.05, 4.69) is 16.6 Å². The molecule has 94 valence electrons. The molecule has 0 aromatic carbocycles. The molecule has 1 amide bonds. The molecule has 0 unspecified atom stereocenters. The van der Waals surface area contributed by atoms with Crippen molar-refractivity contribution in [1.82, 2.24) is 5.32 Å². The lowest BCUT2D eigenvalue weighted by atomic mass is 9.85. The number of methoxy groups -OCH3 is 1. The van der Waals surface area contributed by atoms with Gasteiger partial charge in [-0.3, -0.25) is 9.59 Å². The van der Waals surface area contributed by atoms with Gasteiger partial charge in [0.05, 0.1) is 7.11 Å². The molecular formula is C13H19NO3. The third kappa shape index (κ3) is 4.06. The summed E-state index contributed by atoms with van der Waals surface area (Å²) < 4.78 is 4.45. The Balaban J connectivity index is 2.44. The average molecular weight is 237 g/mol. The highest BCUT2D eigenvalue weighted by molar-refractivity contribution is 5.95. The van der Waals surface area contributed by atoms with Crippen molar-refractivity contribution < 1.29 is 14.3 Å². The molecule has 0 heterocycles. The molecule has 0 radical (unpaired) electrons. The van der Waals surface area contributed by atoms with E-state index in [1.807, 2.05) is 13.0 Å². The standard InChI is InChI=1S/C13H19NO3/c1-9(2)10-4-6-11(7-5-10)13(16)14-8-12(15)17-3/h6,10H,1,4-5,7-8H2,2-3H3,(H,14,16)/t10-/m0/s1. The maximum absolute atomic E-state index is 11.7. The van der Waals surface area contributed by atoms with Crippen molar-refractivity contribution in [2.75, 3.05) is 13.7 Å². The summed E-state index contributed by atoms with van der Waals surface area (Å²) in [6.07, 6.45) is 4.49. The van der Waals surface area contributed by atoms with Crippen LogP contribution in [0.1, 0.15) is 26.2 Å². The third-order valence-electron chi connectivity index (χ3n) is 3.02. The average Bonchev–Trinajstić information content (AvgIpc) is 2.35. The highest BCUT2D eigenvalue weighted by Gasteiger charge is 2.19. The molecule has 1 aliphatic carbocycles. The van der Waals surface area contributed by atoms with Crippen molar-refractivity contribution in [2.24, 2.45) is 5.92 Å². The van der Waals surface area contributed by atoms with E-state index in [9.17, 15) is 9.59 Å². The van der Waals surface area contributed by atoms with Crippen molar-refractivity contribution in [1.29, 1.82) is 0 Å².